The Bertz CT molecular complexity index is 686. The number of nitrogens with zero attached hydrogens (tertiary/aromatic N) is 3. The molecule has 1 unspecified atom stereocenters. The van der Waals surface area contributed by atoms with Crippen LogP contribution in [0.25, 0.3) is 0 Å². The van der Waals surface area contributed by atoms with Crippen molar-refractivity contribution < 1.29 is 4.74 Å². The number of guanidine groups is 1. The van der Waals surface area contributed by atoms with Crippen molar-refractivity contribution in [1.82, 2.24) is 15.2 Å². The molecule has 3 rings (SSSR count). The number of hydrogen-bond donors (Lipinski definition) is 1. The second-order valence-electron chi connectivity index (χ2n) is 6.37. The monoisotopic (exact) mass is 358 g/mol. The summed E-state index contributed by atoms with van der Waals surface area (Å²) >= 11 is 1.73. The Balaban J connectivity index is 1.41. The number of rotatable bonds is 6. The van der Waals surface area contributed by atoms with Crippen molar-refractivity contribution in [2.45, 2.75) is 26.5 Å². The summed E-state index contributed by atoms with van der Waals surface area (Å²) in [6, 6.07) is 10.3. The largest absolute Gasteiger partial charge is 0.376 e. The first-order chi connectivity index (χ1) is 12.2. The lowest BCUT2D eigenvalue weighted by Crippen LogP contribution is -2.39. The van der Waals surface area contributed by atoms with Crippen molar-refractivity contribution in [3.05, 3.63) is 52.0 Å². The number of hydrogen-bond acceptors (Lipinski definition) is 4. The van der Waals surface area contributed by atoms with Crippen LogP contribution in [0.5, 0.6) is 0 Å². The third-order valence-electron chi connectivity index (χ3n) is 4.33. The number of aromatic nitrogens is 1. The van der Waals surface area contributed by atoms with Gasteiger partial charge in [-0.05, 0) is 18.9 Å². The Labute approximate surface area is 153 Å². The Morgan fingerprint density at radius 1 is 1.40 bits per heavy atom. The second kappa shape index (κ2) is 8.97. The fourth-order valence-electron chi connectivity index (χ4n) is 3.05. The van der Waals surface area contributed by atoms with Crippen molar-refractivity contribution in [3.8, 4) is 0 Å². The molecule has 1 aromatic heterocycles. The summed E-state index contributed by atoms with van der Waals surface area (Å²) < 4.78 is 5.90. The highest BCUT2D eigenvalue weighted by Crippen LogP contribution is 2.18. The minimum atomic E-state index is 0.560. The van der Waals surface area contributed by atoms with E-state index in [0.717, 1.165) is 43.6 Å². The molecule has 2 heterocycles. The normalized spacial score (nSPS) is 17.9. The zero-order valence-electron chi connectivity index (χ0n) is 14.9. The third kappa shape index (κ3) is 5.28. The fourth-order valence-corrected chi connectivity index (χ4v) is 3.78. The van der Waals surface area contributed by atoms with Crippen molar-refractivity contribution in [3.63, 3.8) is 0 Å². The van der Waals surface area contributed by atoms with Crippen LogP contribution in [0.15, 0.2) is 41.5 Å². The van der Waals surface area contributed by atoms with Crippen LogP contribution >= 0.6 is 11.3 Å². The van der Waals surface area contributed by atoms with Gasteiger partial charge in [0.05, 0.1) is 19.8 Å². The molecule has 1 aromatic carbocycles. The molecule has 25 heavy (non-hydrogen) atoms. The summed E-state index contributed by atoms with van der Waals surface area (Å²) in [7, 11) is 1.84. The maximum Gasteiger partial charge on any atom is 0.194 e. The number of likely N-dealkylation sites (tertiary alicyclic amines) is 1. The standard InChI is InChI=1S/C19H26N4OS/c1-15-10-21-18(25-15)11-22-19(20-2)23-9-8-17(12-23)14-24-13-16-6-4-3-5-7-16/h3-7,10,17H,8-9,11-14H2,1-2H3,(H,20,22). The van der Waals surface area contributed by atoms with Gasteiger partial charge in [0.15, 0.2) is 5.96 Å². The number of aliphatic imine (C=N–C) groups is 1. The van der Waals surface area contributed by atoms with E-state index in [1.807, 2.05) is 19.3 Å². The Morgan fingerprint density at radius 2 is 2.24 bits per heavy atom. The molecule has 1 atom stereocenters. The van der Waals surface area contributed by atoms with Gasteiger partial charge in [-0.3, -0.25) is 4.99 Å². The first-order valence-corrected chi connectivity index (χ1v) is 9.55. The molecular formula is C19H26N4OS. The molecule has 1 N–H and O–H groups in total. The highest BCUT2D eigenvalue weighted by atomic mass is 32.1. The van der Waals surface area contributed by atoms with Gasteiger partial charge in [-0.2, -0.15) is 0 Å². The highest BCUT2D eigenvalue weighted by molar-refractivity contribution is 7.11. The zero-order valence-corrected chi connectivity index (χ0v) is 15.8. The molecule has 2 aromatic rings. The molecular weight excluding hydrogens is 332 g/mol. The van der Waals surface area contributed by atoms with E-state index >= 15 is 0 Å². The van der Waals surface area contributed by atoms with Gasteiger partial charge < -0.3 is 15.0 Å². The van der Waals surface area contributed by atoms with Gasteiger partial charge in [-0.1, -0.05) is 30.3 Å². The summed E-state index contributed by atoms with van der Waals surface area (Å²) in [5.41, 5.74) is 1.23. The summed E-state index contributed by atoms with van der Waals surface area (Å²) in [5.74, 6) is 1.52. The van der Waals surface area contributed by atoms with E-state index in [1.165, 1.54) is 10.4 Å². The van der Waals surface area contributed by atoms with E-state index in [2.05, 4.69) is 51.4 Å². The Hall–Kier alpha value is -1.92. The van der Waals surface area contributed by atoms with Crippen molar-refractivity contribution in [2.75, 3.05) is 26.7 Å². The predicted octanol–water partition coefficient (Wildman–Crippen LogP) is 3.07. The molecule has 1 fully saturated rings. The van der Waals surface area contributed by atoms with E-state index in [9.17, 15) is 0 Å². The van der Waals surface area contributed by atoms with E-state index < -0.39 is 0 Å². The lowest BCUT2D eigenvalue weighted by molar-refractivity contribution is 0.0906. The number of aryl methyl sites for hydroxylation is 1. The maximum atomic E-state index is 5.90. The summed E-state index contributed by atoms with van der Waals surface area (Å²) in [4.78, 5) is 12.4. The van der Waals surface area contributed by atoms with Crippen LogP contribution in [0, 0.1) is 12.8 Å². The van der Waals surface area contributed by atoms with E-state index in [-0.39, 0.29) is 0 Å². The first-order valence-electron chi connectivity index (χ1n) is 8.73. The number of ether oxygens (including phenoxy) is 1. The average molecular weight is 359 g/mol. The van der Waals surface area contributed by atoms with E-state index in [4.69, 9.17) is 4.74 Å². The summed E-state index contributed by atoms with van der Waals surface area (Å²) in [6.45, 7) is 6.32. The predicted molar refractivity (Wildman–Crippen MR) is 103 cm³/mol. The van der Waals surface area contributed by atoms with E-state index in [1.54, 1.807) is 11.3 Å². The summed E-state index contributed by atoms with van der Waals surface area (Å²) in [6.07, 6.45) is 3.06. The minimum absolute atomic E-state index is 0.560. The lowest BCUT2D eigenvalue weighted by Gasteiger charge is -2.21. The number of thiazole rings is 1. The van der Waals surface area contributed by atoms with Crippen LogP contribution in [0.4, 0.5) is 0 Å². The molecule has 0 radical (unpaired) electrons. The summed E-state index contributed by atoms with van der Waals surface area (Å²) in [5, 5.41) is 4.52. The SMILES string of the molecule is CN=C(NCc1ncc(C)s1)N1CCC(COCc2ccccc2)C1. The molecule has 0 spiro atoms. The highest BCUT2D eigenvalue weighted by Gasteiger charge is 2.25. The van der Waals surface area contributed by atoms with Gasteiger partial charge >= 0.3 is 0 Å². The van der Waals surface area contributed by atoms with Crippen molar-refractivity contribution >= 4 is 17.3 Å². The maximum absolute atomic E-state index is 5.90. The molecule has 1 aliphatic rings. The van der Waals surface area contributed by atoms with Gasteiger partial charge in [0, 0.05) is 37.1 Å². The topological polar surface area (TPSA) is 49.8 Å². The number of benzene rings is 1. The zero-order chi connectivity index (χ0) is 17.5. The van der Waals surface area contributed by atoms with Crippen LogP contribution < -0.4 is 5.32 Å². The third-order valence-corrected chi connectivity index (χ3v) is 5.24. The molecule has 0 amide bonds. The number of nitrogens with one attached hydrogen (secondary N) is 1. The van der Waals surface area contributed by atoms with Crippen LogP contribution in [0.1, 0.15) is 21.9 Å². The van der Waals surface area contributed by atoms with Gasteiger partial charge in [-0.15, -0.1) is 11.3 Å². The Morgan fingerprint density at radius 3 is 2.96 bits per heavy atom. The van der Waals surface area contributed by atoms with Crippen LogP contribution in [-0.4, -0.2) is 42.6 Å². The lowest BCUT2D eigenvalue weighted by atomic mass is 10.1. The fraction of sp³-hybridized carbons (Fsp3) is 0.474. The van der Waals surface area contributed by atoms with Crippen LogP contribution in [0.3, 0.4) is 0 Å². The molecule has 1 aliphatic heterocycles. The van der Waals surface area contributed by atoms with Crippen molar-refractivity contribution in [2.24, 2.45) is 10.9 Å². The Kier molecular flexibility index (Phi) is 6.42. The minimum Gasteiger partial charge on any atom is -0.376 e. The average Bonchev–Trinajstić information content (AvgIpc) is 3.26. The van der Waals surface area contributed by atoms with Crippen LogP contribution in [0.2, 0.25) is 0 Å². The smallest absolute Gasteiger partial charge is 0.194 e. The quantitative estimate of drug-likeness (QED) is 0.637. The first kappa shape index (κ1) is 17.9. The van der Waals surface area contributed by atoms with Gasteiger partial charge in [-0.25, -0.2) is 4.98 Å². The van der Waals surface area contributed by atoms with Gasteiger partial charge in [0.1, 0.15) is 5.01 Å². The second-order valence-corrected chi connectivity index (χ2v) is 7.69. The molecule has 6 heteroatoms. The molecule has 0 saturated carbocycles. The van der Waals surface area contributed by atoms with Crippen molar-refractivity contribution in [1.29, 1.82) is 0 Å². The molecule has 0 aliphatic carbocycles. The van der Waals surface area contributed by atoms with Crippen LogP contribution in [-0.2, 0) is 17.9 Å². The molecule has 1 saturated heterocycles. The van der Waals surface area contributed by atoms with E-state index in [0.29, 0.717) is 12.5 Å². The molecule has 0 bridgehead atoms. The van der Waals surface area contributed by atoms with Gasteiger partial charge in [0.25, 0.3) is 0 Å². The molecule has 5 nitrogen and oxygen atoms in total. The van der Waals surface area contributed by atoms with Gasteiger partial charge in [0.2, 0.25) is 0 Å². The molecule has 134 valence electrons.